The predicted molar refractivity (Wildman–Crippen MR) is 223 cm³/mol. The third-order valence-corrected chi connectivity index (χ3v) is 10.4. The van der Waals surface area contributed by atoms with Crippen LogP contribution in [0.15, 0.2) is 54.6 Å². The minimum absolute atomic E-state index is 0.0939. The molecule has 0 bridgehead atoms. The Balaban J connectivity index is 1.22. The number of aryl methyl sites for hydroxylation is 7. The van der Waals surface area contributed by atoms with Gasteiger partial charge >= 0.3 is 5.97 Å². The molecule has 0 atom stereocenters. The zero-order chi connectivity index (χ0) is 40.6. The summed E-state index contributed by atoms with van der Waals surface area (Å²) in [5, 5.41) is 9.59. The molecule has 300 valence electrons. The lowest BCUT2D eigenvalue weighted by atomic mass is 9.98. The number of nitrogens with one attached hydrogen (secondary N) is 1. The largest absolute Gasteiger partial charge is 0.494 e. The summed E-state index contributed by atoms with van der Waals surface area (Å²) in [5.74, 6) is 0.346. The van der Waals surface area contributed by atoms with Gasteiger partial charge in [-0.3, -0.25) is 9.48 Å². The van der Waals surface area contributed by atoms with Crippen molar-refractivity contribution >= 4 is 34.4 Å². The van der Waals surface area contributed by atoms with Crippen LogP contribution in [0.25, 0.3) is 22.0 Å². The second-order valence-corrected chi connectivity index (χ2v) is 15.7. The lowest BCUT2D eigenvalue weighted by Crippen LogP contribution is -2.28. The minimum Gasteiger partial charge on any atom is -0.494 e. The van der Waals surface area contributed by atoms with Crippen LogP contribution in [0.1, 0.15) is 88.1 Å². The van der Waals surface area contributed by atoms with Crippen LogP contribution in [0.3, 0.4) is 0 Å². The molecule has 0 saturated heterocycles. The van der Waals surface area contributed by atoms with Gasteiger partial charge in [-0.25, -0.2) is 4.79 Å². The van der Waals surface area contributed by atoms with Crippen LogP contribution in [-0.4, -0.2) is 71.4 Å². The molecule has 56 heavy (non-hydrogen) atoms. The molecule has 0 radical (unpaired) electrons. The van der Waals surface area contributed by atoms with E-state index in [1.807, 2.05) is 101 Å². The standard InChI is InChI=1S/C45H57ClN4O6/c1-29-15-10-11-16-35(29)43(51)47-20-24-54-26-25-53-22-14-21-50-33(5)39(32(4)48-50)38-18-12-17-36-37(42(49(9)41(36)38)44(52)56-45(6,7)8)19-13-23-55-34-27-30(2)40(46)31(3)28-34/h10-12,15-18,27-28H,13-14,19-26H2,1-9H3,(H,47,51). The zero-order valence-corrected chi connectivity index (χ0v) is 35.2. The van der Waals surface area contributed by atoms with Gasteiger partial charge in [-0.15, -0.1) is 0 Å². The molecule has 0 aliphatic heterocycles. The number of aromatic nitrogens is 3. The maximum Gasteiger partial charge on any atom is 0.355 e. The molecule has 1 amide bonds. The van der Waals surface area contributed by atoms with Gasteiger partial charge in [-0.05, 0) is 115 Å². The lowest BCUT2D eigenvalue weighted by molar-refractivity contribution is 0.00579. The highest BCUT2D eigenvalue weighted by Gasteiger charge is 2.28. The van der Waals surface area contributed by atoms with E-state index in [2.05, 4.69) is 30.4 Å². The van der Waals surface area contributed by atoms with E-state index >= 15 is 0 Å². The van der Waals surface area contributed by atoms with Crippen molar-refractivity contribution in [1.29, 1.82) is 0 Å². The molecule has 2 aromatic heterocycles. The highest BCUT2D eigenvalue weighted by Crippen LogP contribution is 2.38. The van der Waals surface area contributed by atoms with Crippen molar-refractivity contribution in [2.45, 2.75) is 86.8 Å². The van der Waals surface area contributed by atoms with E-state index in [0.717, 1.165) is 72.9 Å². The van der Waals surface area contributed by atoms with Crippen molar-refractivity contribution in [2.24, 2.45) is 7.05 Å². The van der Waals surface area contributed by atoms with Crippen LogP contribution in [0, 0.1) is 34.6 Å². The molecular formula is C45H57ClN4O6. The van der Waals surface area contributed by atoms with E-state index in [-0.39, 0.29) is 11.9 Å². The Morgan fingerprint density at radius 2 is 1.54 bits per heavy atom. The molecular weight excluding hydrogens is 728 g/mol. The number of hydrogen-bond acceptors (Lipinski definition) is 7. The number of ether oxygens (including phenoxy) is 4. The van der Waals surface area contributed by atoms with Gasteiger partial charge in [0.2, 0.25) is 0 Å². The Bertz CT molecular complexity index is 2140. The number of amides is 1. The quantitative estimate of drug-likeness (QED) is 0.0699. The predicted octanol–water partition coefficient (Wildman–Crippen LogP) is 9.06. The first-order valence-corrected chi connectivity index (χ1v) is 19.8. The van der Waals surface area contributed by atoms with Gasteiger partial charge in [-0.2, -0.15) is 5.10 Å². The van der Waals surface area contributed by atoms with Gasteiger partial charge in [0, 0.05) is 59.5 Å². The van der Waals surface area contributed by atoms with Crippen LogP contribution in [0.4, 0.5) is 0 Å². The molecule has 0 unspecified atom stereocenters. The second kappa shape index (κ2) is 19.0. The van der Waals surface area contributed by atoms with Gasteiger partial charge in [0.05, 0.1) is 37.6 Å². The van der Waals surface area contributed by atoms with Crippen molar-refractivity contribution in [3.05, 3.63) is 105 Å². The summed E-state index contributed by atoms with van der Waals surface area (Å²) < 4.78 is 27.6. The average Bonchev–Trinajstić information content (AvgIpc) is 3.59. The molecule has 0 fully saturated rings. The fraction of sp³-hybridized carbons (Fsp3) is 0.444. The van der Waals surface area contributed by atoms with Gasteiger partial charge < -0.3 is 28.8 Å². The first-order valence-electron chi connectivity index (χ1n) is 19.4. The van der Waals surface area contributed by atoms with Gasteiger partial charge in [-0.1, -0.05) is 48.0 Å². The van der Waals surface area contributed by atoms with Crippen LogP contribution < -0.4 is 10.1 Å². The Morgan fingerprint density at radius 1 is 0.839 bits per heavy atom. The summed E-state index contributed by atoms with van der Waals surface area (Å²) in [6, 6.07) is 17.7. The lowest BCUT2D eigenvalue weighted by Gasteiger charge is -2.20. The van der Waals surface area contributed by atoms with Gasteiger partial charge in [0.1, 0.15) is 17.0 Å². The Morgan fingerprint density at radius 3 is 2.23 bits per heavy atom. The number of hydrogen-bond donors (Lipinski definition) is 1. The van der Waals surface area contributed by atoms with E-state index in [9.17, 15) is 9.59 Å². The summed E-state index contributed by atoms with van der Waals surface area (Å²) in [6.45, 7) is 19.2. The third kappa shape index (κ3) is 10.4. The number of esters is 1. The van der Waals surface area contributed by atoms with E-state index in [1.54, 1.807) is 0 Å². The molecule has 2 heterocycles. The molecule has 5 aromatic rings. The molecule has 0 spiro atoms. The number of nitrogens with zero attached hydrogens (tertiary/aromatic N) is 3. The molecule has 5 rings (SSSR count). The molecule has 1 N–H and O–H groups in total. The number of rotatable bonds is 18. The van der Waals surface area contributed by atoms with Crippen molar-refractivity contribution in [3.8, 4) is 16.9 Å². The maximum atomic E-state index is 13.8. The van der Waals surface area contributed by atoms with E-state index in [0.29, 0.717) is 70.2 Å². The first kappa shape index (κ1) is 42.5. The summed E-state index contributed by atoms with van der Waals surface area (Å²) in [7, 11) is 1.95. The summed E-state index contributed by atoms with van der Waals surface area (Å²) in [5.41, 5.74) is 9.45. The van der Waals surface area contributed by atoms with Crippen molar-refractivity contribution in [2.75, 3.05) is 39.6 Å². The number of benzene rings is 3. The smallest absolute Gasteiger partial charge is 0.355 e. The third-order valence-electron chi connectivity index (χ3n) is 9.76. The molecule has 11 heteroatoms. The number of fused-ring (bicyclic) bond motifs is 1. The van der Waals surface area contributed by atoms with Crippen LogP contribution in [-0.2, 0) is 34.2 Å². The second-order valence-electron chi connectivity index (χ2n) is 15.3. The molecule has 0 aliphatic rings. The molecule has 0 saturated carbocycles. The highest BCUT2D eigenvalue weighted by molar-refractivity contribution is 6.32. The topological polar surface area (TPSA) is 106 Å². The van der Waals surface area contributed by atoms with E-state index < -0.39 is 5.60 Å². The number of carbonyl (C=O) groups is 2. The average molecular weight is 785 g/mol. The zero-order valence-electron chi connectivity index (χ0n) is 34.4. The van der Waals surface area contributed by atoms with Crippen LogP contribution >= 0.6 is 11.6 Å². The number of para-hydroxylation sites is 1. The normalized spacial score (nSPS) is 11.7. The Kier molecular flexibility index (Phi) is 14.4. The van der Waals surface area contributed by atoms with Crippen LogP contribution in [0.2, 0.25) is 5.02 Å². The summed E-state index contributed by atoms with van der Waals surface area (Å²) >= 11 is 6.37. The molecule has 3 aromatic carbocycles. The SMILES string of the molecule is Cc1ccccc1C(=O)NCCOCCOCCCn1nc(C)c(-c2cccc3c(CCCOc4cc(C)c(Cl)c(C)c4)c(C(=O)OC(C)(C)C)n(C)c23)c1C. The first-order chi connectivity index (χ1) is 26.7. The fourth-order valence-corrected chi connectivity index (χ4v) is 7.27. The number of carbonyl (C=O) groups excluding carboxylic acids is 2. The van der Waals surface area contributed by atoms with Crippen molar-refractivity contribution in [1.82, 2.24) is 19.7 Å². The maximum absolute atomic E-state index is 13.8. The minimum atomic E-state index is -0.646. The van der Waals surface area contributed by atoms with Crippen LogP contribution in [0.5, 0.6) is 5.75 Å². The van der Waals surface area contributed by atoms with Gasteiger partial charge in [0.25, 0.3) is 5.91 Å². The summed E-state index contributed by atoms with van der Waals surface area (Å²) in [4.78, 5) is 26.2. The monoisotopic (exact) mass is 784 g/mol. The number of halogens is 1. The van der Waals surface area contributed by atoms with E-state index in [1.165, 1.54) is 0 Å². The Hall–Kier alpha value is -4.64. The Labute approximate surface area is 336 Å². The summed E-state index contributed by atoms with van der Waals surface area (Å²) in [6.07, 6.45) is 2.12. The van der Waals surface area contributed by atoms with Crippen molar-refractivity contribution in [3.63, 3.8) is 0 Å². The molecule has 0 aliphatic carbocycles. The van der Waals surface area contributed by atoms with E-state index in [4.69, 9.17) is 35.6 Å². The fourth-order valence-electron chi connectivity index (χ4n) is 7.16. The molecule has 10 nitrogen and oxygen atoms in total. The van der Waals surface area contributed by atoms with Gasteiger partial charge in [0.15, 0.2) is 0 Å². The highest BCUT2D eigenvalue weighted by atomic mass is 35.5. The van der Waals surface area contributed by atoms with Crippen molar-refractivity contribution < 1.29 is 28.5 Å².